The van der Waals surface area contributed by atoms with E-state index >= 15 is 0 Å². The van der Waals surface area contributed by atoms with E-state index in [0.29, 0.717) is 12.1 Å². The number of nitrogens with zero attached hydrogens (tertiary/aromatic N) is 3. The van der Waals surface area contributed by atoms with Gasteiger partial charge >= 0.3 is 0 Å². The highest BCUT2D eigenvalue weighted by Gasteiger charge is 2.38. The van der Waals surface area contributed by atoms with E-state index in [9.17, 15) is 9.90 Å². The molecule has 1 saturated heterocycles. The third-order valence-electron chi connectivity index (χ3n) is 6.91. The number of aromatic nitrogens is 3. The maximum Gasteiger partial charge on any atom is 0.253 e. The molecule has 202 valence electrons. The number of aliphatic hydroxyl groups excluding tert-OH is 1. The van der Waals surface area contributed by atoms with Gasteiger partial charge in [-0.25, -0.2) is 4.98 Å². The molecule has 0 saturated carbocycles. The minimum Gasteiger partial charge on any atom is -0.392 e. The van der Waals surface area contributed by atoms with Gasteiger partial charge in [-0.05, 0) is 28.8 Å². The largest absolute Gasteiger partial charge is 0.392 e. The number of carbonyl (C=O) groups is 1. The van der Waals surface area contributed by atoms with Crippen LogP contribution in [0.15, 0.2) is 90.6 Å². The SMILES string of the molecule is C[C@@H]1[C@H](CSc2nccn2C)O[C@H](c2ccc(CNC(=O)c3cccnc3)cc2)O[C@@H]1c1ccc(CO)cc1. The molecule has 2 aromatic carbocycles. The van der Waals surface area contributed by atoms with Crippen molar-refractivity contribution in [3.8, 4) is 0 Å². The summed E-state index contributed by atoms with van der Waals surface area (Å²) < 4.78 is 15.1. The molecule has 0 radical (unpaired) electrons. The van der Waals surface area contributed by atoms with Gasteiger partial charge in [0, 0.05) is 55.6 Å². The number of carbonyl (C=O) groups excluding carboxylic acids is 1. The average molecular weight is 545 g/mol. The molecule has 0 aliphatic carbocycles. The highest BCUT2D eigenvalue weighted by Crippen LogP contribution is 2.42. The number of amides is 1. The fraction of sp³-hybridized carbons (Fsp3) is 0.300. The highest BCUT2D eigenvalue weighted by atomic mass is 32.2. The summed E-state index contributed by atoms with van der Waals surface area (Å²) in [6.45, 7) is 2.56. The van der Waals surface area contributed by atoms with Crippen molar-refractivity contribution in [3.63, 3.8) is 0 Å². The molecule has 0 spiro atoms. The Morgan fingerprint density at radius 2 is 1.77 bits per heavy atom. The molecule has 1 amide bonds. The number of ether oxygens (including phenoxy) is 2. The van der Waals surface area contributed by atoms with Crippen molar-refractivity contribution in [3.05, 3.63) is 113 Å². The number of benzene rings is 2. The normalized spacial score (nSPS) is 21.0. The summed E-state index contributed by atoms with van der Waals surface area (Å²) in [6, 6.07) is 19.3. The van der Waals surface area contributed by atoms with Crippen molar-refractivity contribution in [2.45, 2.75) is 43.7 Å². The standard InChI is InChI=1S/C30H32N4O4S/c1-20-26(19-39-30-32-14-15-34(30)2)37-29(38-27(20)23-9-7-22(18-35)8-10-23)24-11-5-21(6-12-24)16-33-28(36)25-4-3-13-31-17-25/h3-15,17,20,26-27,29,35H,16,18-19H2,1-2H3,(H,33,36)/t20-,26+,27+,29+/m1/s1. The van der Waals surface area contributed by atoms with E-state index in [1.54, 1.807) is 42.5 Å². The van der Waals surface area contributed by atoms with Crippen LogP contribution in [-0.4, -0.2) is 37.4 Å². The Hall–Kier alpha value is -3.50. The summed E-state index contributed by atoms with van der Waals surface area (Å²) in [7, 11) is 1.98. The summed E-state index contributed by atoms with van der Waals surface area (Å²) in [5.41, 5.74) is 4.32. The van der Waals surface area contributed by atoms with Crippen molar-refractivity contribution >= 4 is 17.7 Å². The minimum absolute atomic E-state index is 0.00502. The lowest BCUT2D eigenvalue weighted by Crippen LogP contribution is -2.38. The molecule has 8 nitrogen and oxygen atoms in total. The van der Waals surface area contributed by atoms with E-state index in [1.165, 1.54) is 0 Å². The first kappa shape index (κ1) is 27.1. The summed E-state index contributed by atoms with van der Waals surface area (Å²) in [5.74, 6) is 0.662. The fourth-order valence-corrected chi connectivity index (χ4v) is 5.63. The molecule has 1 fully saturated rings. The van der Waals surface area contributed by atoms with Gasteiger partial charge in [0.25, 0.3) is 5.91 Å². The predicted molar refractivity (Wildman–Crippen MR) is 149 cm³/mol. The van der Waals surface area contributed by atoms with Crippen molar-refractivity contribution in [1.82, 2.24) is 19.9 Å². The first-order chi connectivity index (χ1) is 19.0. The van der Waals surface area contributed by atoms with Crippen molar-refractivity contribution in [2.75, 3.05) is 5.75 Å². The molecule has 2 aromatic heterocycles. The molecule has 0 bridgehead atoms. The lowest BCUT2D eigenvalue weighted by molar-refractivity contribution is -0.268. The summed E-state index contributed by atoms with van der Waals surface area (Å²) in [6.07, 6.45) is 6.12. The van der Waals surface area contributed by atoms with Crippen LogP contribution in [-0.2, 0) is 29.7 Å². The molecule has 2 N–H and O–H groups in total. The third kappa shape index (κ3) is 6.57. The quantitative estimate of drug-likeness (QED) is 0.292. The van der Waals surface area contributed by atoms with Crippen LogP contribution < -0.4 is 5.32 Å². The van der Waals surface area contributed by atoms with E-state index in [0.717, 1.165) is 33.2 Å². The van der Waals surface area contributed by atoms with Gasteiger partial charge < -0.3 is 24.5 Å². The van der Waals surface area contributed by atoms with E-state index < -0.39 is 6.29 Å². The van der Waals surface area contributed by atoms with Crippen LogP contribution in [0.2, 0.25) is 0 Å². The fourth-order valence-electron chi connectivity index (χ4n) is 4.53. The molecular weight excluding hydrogens is 512 g/mol. The molecule has 9 heteroatoms. The third-order valence-corrected chi connectivity index (χ3v) is 8.05. The molecule has 1 aliphatic heterocycles. The van der Waals surface area contributed by atoms with Crippen LogP contribution in [0, 0.1) is 5.92 Å². The van der Waals surface area contributed by atoms with E-state index in [1.807, 2.05) is 66.3 Å². The average Bonchev–Trinajstić information content (AvgIpc) is 3.40. The van der Waals surface area contributed by atoms with Crippen molar-refractivity contribution < 1.29 is 19.4 Å². The zero-order valence-corrected chi connectivity index (χ0v) is 22.8. The number of hydrogen-bond acceptors (Lipinski definition) is 7. The van der Waals surface area contributed by atoms with Gasteiger partial charge in [-0.15, -0.1) is 0 Å². The number of aliphatic hydroxyl groups is 1. The molecule has 3 heterocycles. The molecule has 1 aliphatic rings. The van der Waals surface area contributed by atoms with Gasteiger partial charge in [-0.2, -0.15) is 0 Å². The second-order valence-corrected chi connectivity index (χ2v) is 10.6. The lowest BCUT2D eigenvalue weighted by Gasteiger charge is -2.41. The molecule has 0 unspecified atom stereocenters. The van der Waals surface area contributed by atoms with E-state index in [-0.39, 0.29) is 30.6 Å². The van der Waals surface area contributed by atoms with Crippen molar-refractivity contribution in [2.24, 2.45) is 13.0 Å². The van der Waals surface area contributed by atoms with E-state index in [2.05, 4.69) is 22.2 Å². The molecular formula is C30H32N4O4S. The second-order valence-electron chi connectivity index (χ2n) is 9.62. The number of imidazole rings is 1. The predicted octanol–water partition coefficient (Wildman–Crippen LogP) is 4.82. The Kier molecular flexibility index (Phi) is 8.73. The van der Waals surface area contributed by atoms with Crippen LogP contribution >= 0.6 is 11.8 Å². The monoisotopic (exact) mass is 544 g/mol. The Labute approximate surface area is 232 Å². The van der Waals surface area contributed by atoms with Crippen LogP contribution in [0.5, 0.6) is 0 Å². The Morgan fingerprint density at radius 3 is 2.44 bits per heavy atom. The first-order valence-electron chi connectivity index (χ1n) is 12.9. The second kappa shape index (κ2) is 12.6. The van der Waals surface area contributed by atoms with Crippen molar-refractivity contribution in [1.29, 1.82) is 0 Å². The zero-order chi connectivity index (χ0) is 27.2. The Balaban J connectivity index is 1.30. The van der Waals surface area contributed by atoms with Gasteiger partial charge in [-0.1, -0.05) is 67.2 Å². The maximum atomic E-state index is 12.4. The summed E-state index contributed by atoms with van der Waals surface area (Å²) in [4.78, 5) is 20.8. The first-order valence-corrected chi connectivity index (χ1v) is 13.9. The molecule has 4 atom stereocenters. The van der Waals surface area contributed by atoms with Gasteiger partial charge in [0.05, 0.1) is 24.4 Å². The van der Waals surface area contributed by atoms with Gasteiger partial charge in [0.15, 0.2) is 11.4 Å². The van der Waals surface area contributed by atoms with Crippen LogP contribution in [0.4, 0.5) is 0 Å². The van der Waals surface area contributed by atoms with Gasteiger partial charge in [0.2, 0.25) is 0 Å². The Morgan fingerprint density at radius 1 is 1.03 bits per heavy atom. The number of rotatable bonds is 9. The highest BCUT2D eigenvalue weighted by molar-refractivity contribution is 7.99. The van der Waals surface area contributed by atoms with Gasteiger partial charge in [-0.3, -0.25) is 9.78 Å². The number of nitrogens with one attached hydrogen (secondary N) is 1. The molecule has 39 heavy (non-hydrogen) atoms. The number of aryl methyl sites for hydroxylation is 1. The summed E-state index contributed by atoms with van der Waals surface area (Å²) >= 11 is 1.67. The molecule has 5 rings (SSSR count). The molecule has 4 aromatic rings. The number of pyridine rings is 1. The number of hydrogen-bond donors (Lipinski definition) is 2. The van der Waals surface area contributed by atoms with Gasteiger partial charge in [0.1, 0.15) is 0 Å². The Bertz CT molecular complexity index is 1360. The summed E-state index contributed by atoms with van der Waals surface area (Å²) in [5, 5.41) is 13.3. The van der Waals surface area contributed by atoms with Crippen LogP contribution in [0.1, 0.15) is 51.9 Å². The lowest BCUT2D eigenvalue weighted by atomic mass is 9.91. The zero-order valence-electron chi connectivity index (χ0n) is 21.9. The smallest absolute Gasteiger partial charge is 0.253 e. The minimum atomic E-state index is -0.547. The van der Waals surface area contributed by atoms with E-state index in [4.69, 9.17) is 9.47 Å². The van der Waals surface area contributed by atoms with Crippen LogP contribution in [0.3, 0.4) is 0 Å². The maximum absolute atomic E-state index is 12.4. The number of thioether (sulfide) groups is 1. The topological polar surface area (TPSA) is 98.5 Å². The van der Waals surface area contributed by atoms with Crippen LogP contribution in [0.25, 0.3) is 0 Å².